The van der Waals surface area contributed by atoms with Gasteiger partial charge in [-0.2, -0.15) is 0 Å². The minimum Gasteiger partial charge on any atom is -0.449 e. The number of amides is 1. The summed E-state index contributed by atoms with van der Waals surface area (Å²) in [5.41, 5.74) is 0.556. The molecule has 27 heavy (non-hydrogen) atoms. The van der Waals surface area contributed by atoms with Gasteiger partial charge in [-0.3, -0.25) is 4.79 Å². The Morgan fingerprint density at radius 3 is 2.15 bits per heavy atom. The second-order valence-corrected chi connectivity index (χ2v) is 6.19. The molecule has 0 radical (unpaired) electrons. The normalized spacial score (nSPS) is 11.9. The molecule has 2 aromatic carbocycles. The van der Waals surface area contributed by atoms with Crippen molar-refractivity contribution < 1.29 is 27.8 Å². The van der Waals surface area contributed by atoms with Crippen molar-refractivity contribution in [2.24, 2.45) is 0 Å². The summed E-state index contributed by atoms with van der Waals surface area (Å²) in [6, 6.07) is 9.77. The van der Waals surface area contributed by atoms with E-state index >= 15 is 0 Å². The fourth-order valence-electron chi connectivity index (χ4n) is 2.12. The van der Waals surface area contributed by atoms with Crippen LogP contribution in [0.5, 0.6) is 0 Å². The SMILES string of the molecule is CC(C)OCc1ccc(C(=O)O[C@H](C)C(=O)Nc2c(F)cccc2F)cc1. The molecule has 0 bridgehead atoms. The number of rotatable bonds is 7. The molecule has 0 spiro atoms. The van der Waals surface area contributed by atoms with Gasteiger partial charge in [0.05, 0.1) is 18.3 Å². The number of para-hydroxylation sites is 1. The molecule has 0 aliphatic carbocycles. The molecule has 0 saturated carbocycles. The Kier molecular flexibility index (Phi) is 7.01. The van der Waals surface area contributed by atoms with E-state index in [2.05, 4.69) is 5.32 Å². The van der Waals surface area contributed by atoms with E-state index < -0.39 is 35.3 Å². The van der Waals surface area contributed by atoms with Gasteiger partial charge in [0.25, 0.3) is 5.91 Å². The lowest BCUT2D eigenvalue weighted by atomic mass is 10.1. The van der Waals surface area contributed by atoms with Crippen molar-refractivity contribution in [3.63, 3.8) is 0 Å². The van der Waals surface area contributed by atoms with Crippen molar-refractivity contribution in [3.05, 3.63) is 65.2 Å². The minimum absolute atomic E-state index is 0.0910. The summed E-state index contributed by atoms with van der Waals surface area (Å²) in [5.74, 6) is -3.39. The molecule has 5 nitrogen and oxygen atoms in total. The number of ether oxygens (including phenoxy) is 2. The van der Waals surface area contributed by atoms with E-state index in [0.717, 1.165) is 17.7 Å². The van der Waals surface area contributed by atoms with E-state index in [4.69, 9.17) is 9.47 Å². The molecule has 0 aliphatic heterocycles. The van der Waals surface area contributed by atoms with E-state index in [9.17, 15) is 18.4 Å². The monoisotopic (exact) mass is 377 g/mol. The van der Waals surface area contributed by atoms with Crippen LogP contribution < -0.4 is 5.32 Å². The number of hydrogen-bond donors (Lipinski definition) is 1. The van der Waals surface area contributed by atoms with Gasteiger partial charge in [0.1, 0.15) is 17.3 Å². The van der Waals surface area contributed by atoms with Crippen LogP contribution in [0.3, 0.4) is 0 Å². The van der Waals surface area contributed by atoms with Gasteiger partial charge in [-0.15, -0.1) is 0 Å². The van der Waals surface area contributed by atoms with Gasteiger partial charge in [-0.25, -0.2) is 13.6 Å². The van der Waals surface area contributed by atoms with Crippen molar-refractivity contribution >= 4 is 17.6 Å². The molecule has 7 heteroatoms. The van der Waals surface area contributed by atoms with Crippen LogP contribution in [0, 0.1) is 11.6 Å². The molecule has 0 unspecified atom stereocenters. The molecule has 1 atom stereocenters. The average molecular weight is 377 g/mol. The first kappa shape index (κ1) is 20.5. The van der Waals surface area contributed by atoms with Crippen molar-refractivity contribution in [1.29, 1.82) is 0 Å². The summed E-state index contributed by atoms with van der Waals surface area (Å²) in [7, 11) is 0. The van der Waals surface area contributed by atoms with Crippen molar-refractivity contribution in [3.8, 4) is 0 Å². The van der Waals surface area contributed by atoms with Gasteiger partial charge in [0, 0.05) is 0 Å². The highest BCUT2D eigenvalue weighted by molar-refractivity contribution is 5.97. The molecule has 2 rings (SSSR count). The Balaban J connectivity index is 1.95. The number of carbonyl (C=O) groups excluding carboxylic acids is 2. The molecule has 1 N–H and O–H groups in total. The summed E-state index contributed by atoms with van der Waals surface area (Å²) >= 11 is 0. The van der Waals surface area contributed by atoms with Gasteiger partial charge in [-0.1, -0.05) is 18.2 Å². The van der Waals surface area contributed by atoms with Crippen LogP contribution in [0.25, 0.3) is 0 Å². The van der Waals surface area contributed by atoms with Gasteiger partial charge < -0.3 is 14.8 Å². The average Bonchev–Trinajstić information content (AvgIpc) is 2.63. The second kappa shape index (κ2) is 9.23. The Morgan fingerprint density at radius 2 is 1.59 bits per heavy atom. The topological polar surface area (TPSA) is 64.6 Å². The second-order valence-electron chi connectivity index (χ2n) is 6.19. The van der Waals surface area contributed by atoms with E-state index in [1.165, 1.54) is 13.0 Å². The third-order valence-corrected chi connectivity index (χ3v) is 3.64. The molecule has 0 fully saturated rings. The molecule has 0 heterocycles. The van der Waals surface area contributed by atoms with Gasteiger partial charge in [-0.05, 0) is 50.6 Å². The van der Waals surface area contributed by atoms with Crippen molar-refractivity contribution in [2.45, 2.75) is 39.6 Å². The Hall–Kier alpha value is -2.80. The molecule has 0 aliphatic rings. The maximum absolute atomic E-state index is 13.6. The number of carbonyl (C=O) groups is 2. The minimum atomic E-state index is -1.24. The molecule has 1 amide bonds. The summed E-state index contributed by atoms with van der Waals surface area (Å²) < 4.78 is 37.7. The van der Waals surface area contributed by atoms with Crippen LogP contribution in [0.15, 0.2) is 42.5 Å². The Bertz CT molecular complexity index is 786. The van der Waals surface area contributed by atoms with Crippen LogP contribution in [0.2, 0.25) is 0 Å². The summed E-state index contributed by atoms with van der Waals surface area (Å²) in [6.07, 6.45) is -1.14. The maximum Gasteiger partial charge on any atom is 0.338 e. The number of hydrogen-bond acceptors (Lipinski definition) is 4. The van der Waals surface area contributed by atoms with E-state index in [1.807, 2.05) is 13.8 Å². The first-order valence-electron chi connectivity index (χ1n) is 8.44. The maximum atomic E-state index is 13.6. The van der Waals surface area contributed by atoms with Gasteiger partial charge in [0.2, 0.25) is 0 Å². The number of benzene rings is 2. The highest BCUT2D eigenvalue weighted by Gasteiger charge is 2.21. The van der Waals surface area contributed by atoms with Crippen LogP contribution >= 0.6 is 0 Å². The smallest absolute Gasteiger partial charge is 0.338 e. The molecule has 144 valence electrons. The van der Waals surface area contributed by atoms with E-state index in [-0.39, 0.29) is 11.7 Å². The Labute approximate surface area is 156 Å². The van der Waals surface area contributed by atoms with Crippen molar-refractivity contribution in [2.75, 3.05) is 5.32 Å². The molecule has 0 saturated heterocycles. The predicted molar refractivity (Wildman–Crippen MR) is 96.2 cm³/mol. The number of halogens is 2. The summed E-state index contributed by atoms with van der Waals surface area (Å²) in [5, 5.41) is 2.09. The third-order valence-electron chi connectivity index (χ3n) is 3.64. The predicted octanol–water partition coefficient (Wildman–Crippen LogP) is 4.07. The number of anilines is 1. The van der Waals surface area contributed by atoms with Gasteiger partial charge in [0.15, 0.2) is 6.10 Å². The van der Waals surface area contributed by atoms with E-state index in [1.54, 1.807) is 24.3 Å². The van der Waals surface area contributed by atoms with Crippen LogP contribution in [-0.4, -0.2) is 24.1 Å². The molecular formula is C20H21F2NO4. The highest BCUT2D eigenvalue weighted by Crippen LogP contribution is 2.18. The number of esters is 1. The summed E-state index contributed by atoms with van der Waals surface area (Å²) in [6.45, 7) is 5.58. The first-order valence-corrected chi connectivity index (χ1v) is 8.44. The fourth-order valence-corrected chi connectivity index (χ4v) is 2.12. The first-order chi connectivity index (χ1) is 12.8. The fraction of sp³-hybridized carbons (Fsp3) is 0.300. The zero-order chi connectivity index (χ0) is 20.0. The lowest BCUT2D eigenvalue weighted by molar-refractivity contribution is -0.123. The Morgan fingerprint density at radius 1 is 1.00 bits per heavy atom. The molecule has 0 aromatic heterocycles. The molecule has 2 aromatic rings. The highest BCUT2D eigenvalue weighted by atomic mass is 19.1. The zero-order valence-corrected chi connectivity index (χ0v) is 15.3. The number of nitrogens with one attached hydrogen (secondary N) is 1. The van der Waals surface area contributed by atoms with Crippen LogP contribution in [0.4, 0.5) is 14.5 Å². The van der Waals surface area contributed by atoms with Crippen molar-refractivity contribution in [1.82, 2.24) is 0 Å². The zero-order valence-electron chi connectivity index (χ0n) is 15.3. The summed E-state index contributed by atoms with van der Waals surface area (Å²) in [4.78, 5) is 24.2. The third kappa shape index (κ3) is 5.86. The largest absolute Gasteiger partial charge is 0.449 e. The standard InChI is InChI=1S/C20H21F2NO4/c1-12(2)26-11-14-7-9-15(10-8-14)20(25)27-13(3)19(24)23-18-16(21)5-4-6-17(18)22/h4-10,12-13H,11H2,1-3H3,(H,23,24)/t13-/m1/s1. The molecular weight excluding hydrogens is 356 g/mol. The lowest BCUT2D eigenvalue weighted by Gasteiger charge is -2.14. The quantitative estimate of drug-likeness (QED) is 0.739. The lowest BCUT2D eigenvalue weighted by Crippen LogP contribution is -2.30. The van der Waals surface area contributed by atoms with Crippen LogP contribution in [-0.2, 0) is 20.9 Å². The van der Waals surface area contributed by atoms with Gasteiger partial charge >= 0.3 is 5.97 Å². The van der Waals surface area contributed by atoms with E-state index in [0.29, 0.717) is 6.61 Å². The van der Waals surface area contributed by atoms with Crippen LogP contribution in [0.1, 0.15) is 36.7 Å².